The highest BCUT2D eigenvalue weighted by Gasteiger charge is 2.30. The number of carbonyl (C=O) groups excluding carboxylic acids is 2. The highest BCUT2D eigenvalue weighted by molar-refractivity contribution is 9.10. The second-order valence-corrected chi connectivity index (χ2v) is 9.89. The molecule has 3 aromatic rings. The molecule has 1 unspecified atom stereocenters. The van der Waals surface area contributed by atoms with E-state index in [-0.39, 0.29) is 11.8 Å². The quantitative estimate of drug-likeness (QED) is 0.347. The Bertz CT molecular complexity index is 1040. The van der Waals surface area contributed by atoms with Gasteiger partial charge in [-0.05, 0) is 41.2 Å². The molecule has 4 nitrogen and oxygen atoms in total. The van der Waals surface area contributed by atoms with Gasteiger partial charge in [0, 0.05) is 30.4 Å². The van der Waals surface area contributed by atoms with Gasteiger partial charge in [0.2, 0.25) is 11.8 Å². The van der Waals surface area contributed by atoms with Gasteiger partial charge in [-0.25, -0.2) is 0 Å². The second kappa shape index (κ2) is 13.1. The first-order valence-corrected chi connectivity index (χ1v) is 12.6. The predicted molar refractivity (Wildman–Crippen MR) is 141 cm³/mol. The van der Waals surface area contributed by atoms with Gasteiger partial charge in [0.15, 0.2) is 0 Å². The van der Waals surface area contributed by atoms with Crippen LogP contribution in [0.5, 0.6) is 0 Å². The number of rotatable bonds is 11. The first kappa shape index (κ1) is 25.7. The van der Waals surface area contributed by atoms with E-state index in [1.165, 1.54) is 0 Å². The Balaban J connectivity index is 1.88. The molecule has 0 spiro atoms. The summed E-state index contributed by atoms with van der Waals surface area (Å²) in [5.74, 6) is 0.199. The number of hydrogen-bond donors (Lipinski definition) is 1. The molecule has 5 heteroatoms. The fraction of sp³-hybridized carbons (Fsp3) is 0.310. The van der Waals surface area contributed by atoms with Gasteiger partial charge in [0.1, 0.15) is 6.04 Å². The summed E-state index contributed by atoms with van der Waals surface area (Å²) in [4.78, 5) is 28.8. The van der Waals surface area contributed by atoms with Crippen molar-refractivity contribution in [3.05, 3.63) is 106 Å². The summed E-state index contributed by atoms with van der Waals surface area (Å²) < 4.78 is 0.980. The monoisotopic (exact) mass is 520 g/mol. The van der Waals surface area contributed by atoms with Gasteiger partial charge in [0.25, 0.3) is 0 Å². The van der Waals surface area contributed by atoms with Crippen molar-refractivity contribution in [2.75, 3.05) is 6.54 Å². The summed E-state index contributed by atoms with van der Waals surface area (Å²) in [5, 5.41) is 3.07. The number of hydrogen-bond acceptors (Lipinski definition) is 2. The molecule has 0 aromatic heterocycles. The molecule has 34 heavy (non-hydrogen) atoms. The first-order valence-electron chi connectivity index (χ1n) is 11.8. The number of nitrogens with one attached hydrogen (secondary N) is 1. The normalized spacial score (nSPS) is 11.8. The summed E-state index contributed by atoms with van der Waals surface area (Å²) in [7, 11) is 0. The van der Waals surface area contributed by atoms with Crippen LogP contribution in [0.3, 0.4) is 0 Å². The highest BCUT2D eigenvalue weighted by Crippen LogP contribution is 2.18. The Morgan fingerprint density at radius 3 is 2.00 bits per heavy atom. The minimum atomic E-state index is -0.590. The molecule has 0 saturated carbocycles. The standard InChI is InChI=1S/C29H33BrN2O2/c1-22(2)20-31-29(34)27(19-24-11-7-4-8-12-24)32(21-25-13-16-26(30)17-14-25)28(33)18-15-23-9-5-3-6-10-23/h3-14,16-17,22,27H,15,18-21H2,1-2H3,(H,31,34). The summed E-state index contributed by atoms with van der Waals surface area (Å²) in [5.41, 5.74) is 3.14. The lowest BCUT2D eigenvalue weighted by atomic mass is 10.0. The lowest BCUT2D eigenvalue weighted by molar-refractivity contribution is -0.141. The molecule has 2 amide bonds. The van der Waals surface area contributed by atoms with Crippen molar-refractivity contribution in [2.24, 2.45) is 5.92 Å². The number of nitrogens with zero attached hydrogens (tertiary/aromatic N) is 1. The molecule has 0 bridgehead atoms. The Morgan fingerprint density at radius 2 is 1.41 bits per heavy atom. The van der Waals surface area contributed by atoms with Crippen molar-refractivity contribution in [1.29, 1.82) is 0 Å². The maximum atomic E-state index is 13.6. The lowest BCUT2D eigenvalue weighted by Gasteiger charge is -2.32. The molecule has 1 atom stereocenters. The van der Waals surface area contributed by atoms with Gasteiger partial charge in [-0.15, -0.1) is 0 Å². The Labute approximate surface area is 211 Å². The molecular formula is C29H33BrN2O2. The maximum absolute atomic E-state index is 13.6. The molecule has 178 valence electrons. The minimum Gasteiger partial charge on any atom is -0.354 e. The van der Waals surface area contributed by atoms with Crippen LogP contribution in [0.2, 0.25) is 0 Å². The van der Waals surface area contributed by atoms with Crippen LogP contribution in [-0.2, 0) is 29.0 Å². The zero-order chi connectivity index (χ0) is 24.3. The zero-order valence-corrected chi connectivity index (χ0v) is 21.5. The van der Waals surface area contributed by atoms with E-state index in [4.69, 9.17) is 0 Å². The van der Waals surface area contributed by atoms with Gasteiger partial charge in [-0.1, -0.05) is 103 Å². The fourth-order valence-electron chi connectivity index (χ4n) is 3.80. The van der Waals surface area contributed by atoms with Crippen LogP contribution in [0.1, 0.15) is 37.0 Å². The van der Waals surface area contributed by atoms with Crippen molar-refractivity contribution in [3.8, 4) is 0 Å². The van der Waals surface area contributed by atoms with E-state index < -0.39 is 6.04 Å². The van der Waals surface area contributed by atoms with E-state index in [9.17, 15) is 9.59 Å². The van der Waals surface area contributed by atoms with E-state index in [0.717, 1.165) is 21.2 Å². The molecule has 1 N–H and O–H groups in total. The van der Waals surface area contributed by atoms with Gasteiger partial charge in [-0.3, -0.25) is 9.59 Å². The molecule has 0 saturated heterocycles. The number of carbonyl (C=O) groups is 2. The SMILES string of the molecule is CC(C)CNC(=O)C(Cc1ccccc1)N(Cc1ccc(Br)cc1)C(=O)CCc1ccccc1. The zero-order valence-electron chi connectivity index (χ0n) is 19.9. The lowest BCUT2D eigenvalue weighted by Crippen LogP contribution is -2.51. The Kier molecular flexibility index (Phi) is 9.89. The summed E-state index contributed by atoms with van der Waals surface area (Å²) in [6.07, 6.45) is 1.46. The van der Waals surface area contributed by atoms with Crippen LogP contribution in [0, 0.1) is 5.92 Å². The van der Waals surface area contributed by atoms with Crippen molar-refractivity contribution in [1.82, 2.24) is 10.2 Å². The minimum absolute atomic E-state index is 0.0209. The number of amides is 2. The molecule has 3 aromatic carbocycles. The van der Waals surface area contributed by atoms with Crippen LogP contribution < -0.4 is 5.32 Å². The van der Waals surface area contributed by atoms with Crippen LogP contribution in [-0.4, -0.2) is 29.3 Å². The average molecular weight is 521 g/mol. The van der Waals surface area contributed by atoms with Crippen LogP contribution in [0.25, 0.3) is 0 Å². The molecular weight excluding hydrogens is 488 g/mol. The Morgan fingerprint density at radius 1 is 0.824 bits per heavy atom. The number of benzene rings is 3. The van der Waals surface area contributed by atoms with E-state index in [0.29, 0.717) is 38.3 Å². The van der Waals surface area contributed by atoms with E-state index in [1.807, 2.05) is 84.9 Å². The number of aryl methyl sites for hydroxylation is 1. The number of halogens is 1. The Hall–Kier alpha value is -2.92. The van der Waals surface area contributed by atoms with Gasteiger partial charge in [0.05, 0.1) is 0 Å². The van der Waals surface area contributed by atoms with Crippen LogP contribution in [0.15, 0.2) is 89.4 Å². The second-order valence-electron chi connectivity index (χ2n) is 8.98. The maximum Gasteiger partial charge on any atom is 0.243 e. The van der Waals surface area contributed by atoms with Crippen LogP contribution >= 0.6 is 15.9 Å². The van der Waals surface area contributed by atoms with Gasteiger partial charge in [-0.2, -0.15) is 0 Å². The largest absolute Gasteiger partial charge is 0.354 e. The third-order valence-electron chi connectivity index (χ3n) is 5.69. The smallest absolute Gasteiger partial charge is 0.243 e. The van der Waals surface area contributed by atoms with Gasteiger partial charge >= 0.3 is 0 Å². The molecule has 0 aliphatic heterocycles. The molecule has 3 rings (SSSR count). The van der Waals surface area contributed by atoms with Crippen LogP contribution in [0.4, 0.5) is 0 Å². The van der Waals surface area contributed by atoms with E-state index in [1.54, 1.807) is 4.90 Å². The fourth-order valence-corrected chi connectivity index (χ4v) is 4.07. The van der Waals surface area contributed by atoms with Crippen molar-refractivity contribution < 1.29 is 9.59 Å². The summed E-state index contributed by atoms with van der Waals surface area (Å²) >= 11 is 3.48. The third kappa shape index (κ3) is 8.14. The van der Waals surface area contributed by atoms with Crippen molar-refractivity contribution in [3.63, 3.8) is 0 Å². The van der Waals surface area contributed by atoms with Gasteiger partial charge < -0.3 is 10.2 Å². The molecule has 0 heterocycles. The average Bonchev–Trinajstić information content (AvgIpc) is 2.85. The molecule has 0 aliphatic carbocycles. The molecule has 0 radical (unpaired) electrons. The molecule has 0 fully saturated rings. The van der Waals surface area contributed by atoms with E-state index >= 15 is 0 Å². The first-order chi connectivity index (χ1) is 16.4. The predicted octanol–water partition coefficient (Wildman–Crippen LogP) is 5.79. The third-order valence-corrected chi connectivity index (χ3v) is 6.22. The summed E-state index contributed by atoms with van der Waals surface area (Å²) in [6, 6.07) is 27.2. The van der Waals surface area contributed by atoms with E-state index in [2.05, 4.69) is 35.1 Å². The van der Waals surface area contributed by atoms with Crippen molar-refractivity contribution >= 4 is 27.7 Å². The topological polar surface area (TPSA) is 49.4 Å². The molecule has 0 aliphatic rings. The summed E-state index contributed by atoms with van der Waals surface area (Å²) in [6.45, 7) is 5.09. The van der Waals surface area contributed by atoms with Crippen molar-refractivity contribution in [2.45, 2.75) is 45.7 Å². The highest BCUT2D eigenvalue weighted by atomic mass is 79.9.